The van der Waals surface area contributed by atoms with E-state index in [9.17, 15) is 9.59 Å². The third kappa shape index (κ3) is 4.40. The molecule has 0 radical (unpaired) electrons. The van der Waals surface area contributed by atoms with Gasteiger partial charge in [-0.2, -0.15) is 0 Å². The standard InChI is InChI=1S/C21H27N3O2/c1-2-17(21(26)22-13-12-16-9-5-3-6-10-16)18-15-20(25)24-14-8-4-7-11-19(24)23-18/h3,5-6,9-10,15,17H,2,4,7-8,11-14H2,1H3,(H,22,26)/t17-/m1/s1. The molecule has 2 heterocycles. The highest BCUT2D eigenvalue weighted by atomic mass is 16.2. The highest BCUT2D eigenvalue weighted by Crippen LogP contribution is 2.19. The SMILES string of the molecule is CC[C@@H](C(=O)NCCc1ccccc1)c1cc(=O)n2c(n1)CCCCC2. The molecule has 0 unspecified atom stereocenters. The number of hydrogen-bond acceptors (Lipinski definition) is 3. The van der Waals surface area contributed by atoms with Gasteiger partial charge in [0.1, 0.15) is 5.82 Å². The smallest absolute Gasteiger partial charge is 0.253 e. The van der Waals surface area contributed by atoms with Gasteiger partial charge in [-0.1, -0.05) is 43.7 Å². The van der Waals surface area contributed by atoms with Gasteiger partial charge in [-0.05, 0) is 31.2 Å². The Morgan fingerprint density at radius 3 is 2.81 bits per heavy atom. The van der Waals surface area contributed by atoms with E-state index in [1.807, 2.05) is 25.1 Å². The van der Waals surface area contributed by atoms with Crippen molar-refractivity contribution in [2.24, 2.45) is 0 Å². The number of amides is 1. The van der Waals surface area contributed by atoms with Gasteiger partial charge in [-0.3, -0.25) is 14.2 Å². The molecule has 1 aromatic heterocycles. The lowest BCUT2D eigenvalue weighted by Crippen LogP contribution is -2.33. The van der Waals surface area contributed by atoms with Crippen LogP contribution in [0, 0.1) is 0 Å². The zero-order chi connectivity index (χ0) is 18.4. The summed E-state index contributed by atoms with van der Waals surface area (Å²) < 4.78 is 1.77. The summed E-state index contributed by atoms with van der Waals surface area (Å²) in [5.41, 5.74) is 1.78. The number of nitrogens with one attached hydrogen (secondary N) is 1. The van der Waals surface area contributed by atoms with Crippen molar-refractivity contribution in [2.75, 3.05) is 6.54 Å². The number of rotatable bonds is 6. The maximum atomic E-state index is 12.7. The second kappa shape index (κ2) is 8.79. The number of aryl methyl sites for hydroxylation is 1. The molecule has 2 aromatic rings. The summed E-state index contributed by atoms with van der Waals surface area (Å²) in [7, 11) is 0. The van der Waals surface area contributed by atoms with Gasteiger partial charge in [-0.25, -0.2) is 4.98 Å². The molecule has 0 saturated carbocycles. The van der Waals surface area contributed by atoms with Crippen molar-refractivity contribution in [2.45, 2.75) is 57.9 Å². The molecule has 26 heavy (non-hydrogen) atoms. The van der Waals surface area contributed by atoms with Crippen LogP contribution in [0.15, 0.2) is 41.2 Å². The maximum Gasteiger partial charge on any atom is 0.253 e. The molecule has 1 aliphatic rings. The predicted molar refractivity (Wildman–Crippen MR) is 102 cm³/mol. The van der Waals surface area contributed by atoms with E-state index < -0.39 is 0 Å². The molecule has 3 rings (SSSR count). The van der Waals surface area contributed by atoms with Crippen LogP contribution in [0.3, 0.4) is 0 Å². The third-order valence-corrected chi connectivity index (χ3v) is 5.03. The average Bonchev–Trinajstić information content (AvgIpc) is 2.89. The van der Waals surface area contributed by atoms with Crippen molar-refractivity contribution in [1.29, 1.82) is 0 Å². The zero-order valence-corrected chi connectivity index (χ0v) is 15.4. The second-order valence-electron chi connectivity index (χ2n) is 6.89. The van der Waals surface area contributed by atoms with Gasteiger partial charge >= 0.3 is 0 Å². The molecule has 1 aliphatic heterocycles. The lowest BCUT2D eigenvalue weighted by Gasteiger charge is -2.17. The second-order valence-corrected chi connectivity index (χ2v) is 6.89. The van der Waals surface area contributed by atoms with Crippen LogP contribution in [0.5, 0.6) is 0 Å². The van der Waals surface area contributed by atoms with E-state index in [2.05, 4.69) is 17.4 Å². The lowest BCUT2D eigenvalue weighted by atomic mass is 10.0. The molecule has 5 heteroatoms. The van der Waals surface area contributed by atoms with Gasteiger partial charge in [0.05, 0.1) is 11.6 Å². The molecule has 1 aromatic carbocycles. The average molecular weight is 353 g/mol. The van der Waals surface area contributed by atoms with Crippen LogP contribution in [0.1, 0.15) is 55.6 Å². The monoisotopic (exact) mass is 353 g/mol. The van der Waals surface area contributed by atoms with E-state index in [1.165, 1.54) is 5.56 Å². The van der Waals surface area contributed by atoms with Crippen molar-refractivity contribution >= 4 is 5.91 Å². The quantitative estimate of drug-likeness (QED) is 0.868. The summed E-state index contributed by atoms with van der Waals surface area (Å²) in [6.07, 6.45) is 5.43. The molecule has 1 N–H and O–H groups in total. The highest BCUT2D eigenvalue weighted by Gasteiger charge is 2.22. The first-order valence-electron chi connectivity index (χ1n) is 9.61. The first kappa shape index (κ1) is 18.4. The maximum absolute atomic E-state index is 12.7. The highest BCUT2D eigenvalue weighted by molar-refractivity contribution is 5.83. The largest absolute Gasteiger partial charge is 0.355 e. The van der Waals surface area contributed by atoms with Crippen LogP contribution >= 0.6 is 0 Å². The fourth-order valence-corrected chi connectivity index (χ4v) is 3.54. The lowest BCUT2D eigenvalue weighted by molar-refractivity contribution is -0.122. The van der Waals surface area contributed by atoms with Crippen LogP contribution < -0.4 is 10.9 Å². The van der Waals surface area contributed by atoms with E-state index in [1.54, 1.807) is 10.6 Å². The van der Waals surface area contributed by atoms with Gasteiger partial charge in [0.2, 0.25) is 5.91 Å². The van der Waals surface area contributed by atoms with Gasteiger partial charge in [-0.15, -0.1) is 0 Å². The van der Waals surface area contributed by atoms with Crippen molar-refractivity contribution in [3.05, 3.63) is 63.8 Å². The van der Waals surface area contributed by atoms with E-state index in [0.29, 0.717) is 18.7 Å². The number of carbonyl (C=O) groups is 1. The molecule has 0 saturated heterocycles. The molecule has 0 bridgehead atoms. The van der Waals surface area contributed by atoms with Gasteiger partial charge in [0.15, 0.2) is 0 Å². The Morgan fingerprint density at radius 2 is 2.04 bits per heavy atom. The summed E-state index contributed by atoms with van der Waals surface area (Å²) in [5.74, 6) is 0.419. The molecule has 1 atom stereocenters. The van der Waals surface area contributed by atoms with Crippen molar-refractivity contribution in [3.8, 4) is 0 Å². The van der Waals surface area contributed by atoms with E-state index >= 15 is 0 Å². The Hall–Kier alpha value is -2.43. The molecule has 138 valence electrons. The summed E-state index contributed by atoms with van der Waals surface area (Å²) in [6, 6.07) is 11.6. The molecular formula is C21H27N3O2. The van der Waals surface area contributed by atoms with Crippen LogP contribution in [0.4, 0.5) is 0 Å². The molecule has 0 aliphatic carbocycles. The number of carbonyl (C=O) groups excluding carboxylic acids is 1. The fourth-order valence-electron chi connectivity index (χ4n) is 3.54. The summed E-state index contributed by atoms with van der Waals surface area (Å²) in [5, 5.41) is 3.00. The fraction of sp³-hybridized carbons (Fsp3) is 0.476. The minimum atomic E-state index is -0.368. The summed E-state index contributed by atoms with van der Waals surface area (Å²) in [6.45, 7) is 3.29. The number of hydrogen-bond donors (Lipinski definition) is 1. The topological polar surface area (TPSA) is 64.0 Å². The van der Waals surface area contributed by atoms with E-state index in [-0.39, 0.29) is 17.4 Å². The molecule has 0 spiro atoms. The van der Waals surface area contributed by atoms with Crippen molar-refractivity contribution < 1.29 is 4.79 Å². The Labute approximate surface area is 154 Å². The first-order valence-corrected chi connectivity index (χ1v) is 9.61. The minimum absolute atomic E-state index is 0.0255. The van der Waals surface area contributed by atoms with Crippen molar-refractivity contribution in [3.63, 3.8) is 0 Å². The van der Waals surface area contributed by atoms with Gasteiger partial charge in [0, 0.05) is 25.6 Å². The third-order valence-electron chi connectivity index (χ3n) is 5.03. The van der Waals surface area contributed by atoms with Gasteiger partial charge < -0.3 is 5.32 Å². The Bertz CT molecular complexity index is 799. The predicted octanol–water partition coefficient (Wildman–Crippen LogP) is 2.82. The van der Waals surface area contributed by atoms with Gasteiger partial charge in [0.25, 0.3) is 5.56 Å². The Morgan fingerprint density at radius 1 is 1.23 bits per heavy atom. The summed E-state index contributed by atoms with van der Waals surface area (Å²) in [4.78, 5) is 29.8. The van der Waals surface area contributed by atoms with E-state index in [0.717, 1.165) is 44.5 Å². The molecule has 1 amide bonds. The molecule has 0 fully saturated rings. The molecular weight excluding hydrogens is 326 g/mol. The van der Waals surface area contributed by atoms with Crippen molar-refractivity contribution in [1.82, 2.24) is 14.9 Å². The van der Waals surface area contributed by atoms with Crippen LogP contribution in [-0.4, -0.2) is 22.0 Å². The van der Waals surface area contributed by atoms with Crippen LogP contribution in [0.2, 0.25) is 0 Å². The number of benzene rings is 1. The number of fused-ring (bicyclic) bond motifs is 1. The normalized spacial score (nSPS) is 15.0. The zero-order valence-electron chi connectivity index (χ0n) is 15.4. The Balaban J connectivity index is 1.69. The first-order chi connectivity index (χ1) is 12.7. The van der Waals surface area contributed by atoms with Crippen LogP contribution in [0.25, 0.3) is 0 Å². The number of nitrogens with zero attached hydrogens (tertiary/aromatic N) is 2. The molecule has 5 nitrogen and oxygen atoms in total. The summed E-state index contributed by atoms with van der Waals surface area (Å²) >= 11 is 0. The Kier molecular flexibility index (Phi) is 6.21. The minimum Gasteiger partial charge on any atom is -0.355 e. The van der Waals surface area contributed by atoms with Crippen LogP contribution in [-0.2, 0) is 24.2 Å². The van der Waals surface area contributed by atoms with E-state index in [4.69, 9.17) is 4.98 Å². The number of aromatic nitrogens is 2.